The number of nitrogens with two attached hydrogens (primary N) is 2. The van der Waals surface area contributed by atoms with Crippen molar-refractivity contribution in [2.75, 3.05) is 24.5 Å². The molecule has 4 rings (SSSR count). The van der Waals surface area contributed by atoms with Gasteiger partial charge in [-0.15, -0.1) is 0 Å². The van der Waals surface area contributed by atoms with Gasteiger partial charge in [-0.25, -0.2) is 19.9 Å². The quantitative estimate of drug-likeness (QED) is 0.522. The van der Waals surface area contributed by atoms with E-state index in [0.717, 1.165) is 47.0 Å². The molecule has 1 saturated heterocycles. The number of imidazole rings is 1. The van der Waals surface area contributed by atoms with Crippen LogP contribution in [-0.4, -0.2) is 67.2 Å². The highest BCUT2D eigenvalue weighted by atomic mass is 79.9. The maximum absolute atomic E-state index is 5.87. The molecular weight excluding hydrogens is 446 g/mol. The van der Waals surface area contributed by atoms with Gasteiger partial charge in [-0.2, -0.15) is 0 Å². The van der Waals surface area contributed by atoms with E-state index in [2.05, 4.69) is 54.5 Å². The van der Waals surface area contributed by atoms with Crippen molar-refractivity contribution < 1.29 is 5.41 Å². The molecule has 9 nitrogen and oxygen atoms in total. The maximum Gasteiger partial charge on any atom is 0.180 e. The number of likely N-dealkylation sites (N-methyl/N-ethyl adjacent to an activating group) is 1. The number of fused-ring (bicyclic) bond motifs is 1. The third kappa shape index (κ3) is 3.56. The number of halogens is 1. The SMILES string of the molecule is CCN1CCN(c2ccnc(-c3cnc4cnc(Br)cn34)n2)C(C)C1/C(C=[NH2+])=C/N. The Hall–Kier alpha value is -2.85. The van der Waals surface area contributed by atoms with E-state index in [1.165, 1.54) is 0 Å². The molecule has 4 N–H and O–H groups in total. The van der Waals surface area contributed by atoms with Crippen LogP contribution in [0.15, 0.2) is 47.2 Å². The summed E-state index contributed by atoms with van der Waals surface area (Å²) in [7, 11) is 0. The van der Waals surface area contributed by atoms with Crippen LogP contribution < -0.4 is 16.0 Å². The Labute approximate surface area is 183 Å². The highest BCUT2D eigenvalue weighted by molar-refractivity contribution is 9.10. The Morgan fingerprint density at radius 3 is 2.87 bits per heavy atom. The summed E-state index contributed by atoms with van der Waals surface area (Å²) in [5, 5.41) is 5.87. The van der Waals surface area contributed by atoms with Crippen molar-refractivity contribution in [3.8, 4) is 11.5 Å². The zero-order chi connectivity index (χ0) is 21.3. The first-order valence-electron chi connectivity index (χ1n) is 9.86. The smallest absolute Gasteiger partial charge is 0.180 e. The number of aromatic nitrogens is 5. The molecule has 30 heavy (non-hydrogen) atoms. The van der Waals surface area contributed by atoms with E-state index in [1.54, 1.807) is 31.0 Å². The predicted octanol–water partition coefficient (Wildman–Crippen LogP) is 0.520. The molecule has 4 heterocycles. The van der Waals surface area contributed by atoms with Crippen LogP contribution in [0.4, 0.5) is 5.82 Å². The fourth-order valence-electron chi connectivity index (χ4n) is 4.14. The van der Waals surface area contributed by atoms with Crippen molar-refractivity contribution in [1.29, 1.82) is 0 Å². The average molecular weight is 471 g/mol. The summed E-state index contributed by atoms with van der Waals surface area (Å²) in [4.78, 5) is 22.7. The van der Waals surface area contributed by atoms with Gasteiger partial charge in [-0.3, -0.25) is 14.7 Å². The molecule has 2 atom stereocenters. The lowest BCUT2D eigenvalue weighted by Gasteiger charge is -2.46. The van der Waals surface area contributed by atoms with E-state index < -0.39 is 0 Å². The van der Waals surface area contributed by atoms with Crippen LogP contribution in [0.25, 0.3) is 17.2 Å². The van der Waals surface area contributed by atoms with E-state index in [1.807, 2.05) is 16.7 Å². The van der Waals surface area contributed by atoms with Crippen LogP contribution >= 0.6 is 15.9 Å². The molecule has 0 aromatic carbocycles. The van der Waals surface area contributed by atoms with Crippen LogP contribution in [-0.2, 0) is 0 Å². The van der Waals surface area contributed by atoms with Gasteiger partial charge in [0.2, 0.25) is 0 Å². The van der Waals surface area contributed by atoms with Gasteiger partial charge in [0.25, 0.3) is 0 Å². The van der Waals surface area contributed by atoms with Gasteiger partial charge >= 0.3 is 0 Å². The first-order chi connectivity index (χ1) is 14.6. The molecule has 0 spiro atoms. The average Bonchev–Trinajstić information content (AvgIpc) is 3.18. The number of anilines is 1. The van der Waals surface area contributed by atoms with Crippen molar-refractivity contribution in [2.24, 2.45) is 5.73 Å². The molecule has 1 aliphatic heterocycles. The fraction of sp³-hybridized carbons (Fsp3) is 0.350. The van der Waals surface area contributed by atoms with Crippen molar-refractivity contribution in [3.05, 3.63) is 47.2 Å². The zero-order valence-electron chi connectivity index (χ0n) is 17.0. The lowest BCUT2D eigenvalue weighted by atomic mass is 9.95. The standard InChI is InChI=1S/C20H24BrN9/c1-3-28-6-7-29(13(2)19(28)14(8-22)9-23)17-4-5-24-20(27-17)15-10-26-18-11-25-16(21)12-30(15)18/h4-5,8-13,19,22H,3,6-7,23H2,1-2H3/p+1/b14-9+,22-8?. The Kier molecular flexibility index (Phi) is 5.78. The Morgan fingerprint density at radius 2 is 2.13 bits per heavy atom. The van der Waals surface area contributed by atoms with Crippen molar-refractivity contribution >= 4 is 33.6 Å². The maximum atomic E-state index is 5.87. The first kappa shape index (κ1) is 20.4. The molecule has 3 aromatic heterocycles. The largest absolute Gasteiger partial charge is 0.404 e. The van der Waals surface area contributed by atoms with E-state index in [0.29, 0.717) is 5.82 Å². The molecule has 3 aromatic rings. The van der Waals surface area contributed by atoms with Gasteiger partial charge in [0, 0.05) is 43.3 Å². The summed E-state index contributed by atoms with van der Waals surface area (Å²) in [5.41, 5.74) is 8.34. The molecule has 156 valence electrons. The van der Waals surface area contributed by atoms with Crippen LogP contribution in [0.2, 0.25) is 0 Å². The zero-order valence-corrected chi connectivity index (χ0v) is 18.6. The van der Waals surface area contributed by atoms with E-state index in [4.69, 9.17) is 16.1 Å². The van der Waals surface area contributed by atoms with Crippen LogP contribution in [0.3, 0.4) is 0 Å². The minimum Gasteiger partial charge on any atom is -0.404 e. The molecule has 1 aliphatic rings. The Bertz CT molecular complexity index is 1090. The normalized spacial score (nSPS) is 20.6. The number of hydrogen-bond donors (Lipinski definition) is 2. The van der Waals surface area contributed by atoms with Gasteiger partial charge in [0.05, 0.1) is 18.4 Å². The molecule has 10 heteroatoms. The lowest BCUT2D eigenvalue weighted by Crippen LogP contribution is -2.60. The van der Waals surface area contributed by atoms with E-state index in [9.17, 15) is 0 Å². The topological polar surface area (TPSA) is 114 Å². The summed E-state index contributed by atoms with van der Waals surface area (Å²) < 4.78 is 2.65. The number of piperazine rings is 1. The van der Waals surface area contributed by atoms with Gasteiger partial charge < -0.3 is 10.6 Å². The van der Waals surface area contributed by atoms with Gasteiger partial charge in [-0.05, 0) is 35.5 Å². The Morgan fingerprint density at radius 1 is 1.30 bits per heavy atom. The van der Waals surface area contributed by atoms with E-state index in [-0.39, 0.29) is 12.1 Å². The number of hydrogen-bond acceptors (Lipinski definition) is 7. The third-order valence-electron chi connectivity index (χ3n) is 5.63. The minimum absolute atomic E-state index is 0.0926. The van der Waals surface area contributed by atoms with Crippen molar-refractivity contribution in [3.63, 3.8) is 0 Å². The fourth-order valence-corrected chi connectivity index (χ4v) is 4.45. The predicted molar refractivity (Wildman–Crippen MR) is 120 cm³/mol. The molecule has 1 fully saturated rings. The van der Waals surface area contributed by atoms with Gasteiger partial charge in [0.1, 0.15) is 16.1 Å². The summed E-state index contributed by atoms with van der Waals surface area (Å²) in [6.45, 7) is 7.00. The van der Waals surface area contributed by atoms with Crippen molar-refractivity contribution in [2.45, 2.75) is 25.9 Å². The molecular formula is C20H25BrN9+. The monoisotopic (exact) mass is 470 g/mol. The number of nitrogens with zero attached hydrogens (tertiary/aromatic N) is 7. The van der Waals surface area contributed by atoms with Crippen LogP contribution in [0.5, 0.6) is 0 Å². The summed E-state index contributed by atoms with van der Waals surface area (Å²) in [6.07, 6.45) is 10.3. The first-order valence-corrected chi connectivity index (χ1v) is 10.7. The minimum atomic E-state index is 0.0926. The second kappa shape index (κ2) is 8.49. The molecule has 0 amide bonds. The van der Waals surface area contributed by atoms with Gasteiger partial charge in [0.15, 0.2) is 17.7 Å². The third-order valence-corrected chi connectivity index (χ3v) is 6.04. The highest BCUT2D eigenvalue weighted by Crippen LogP contribution is 2.27. The molecule has 2 unspecified atom stereocenters. The second-order valence-electron chi connectivity index (χ2n) is 7.16. The summed E-state index contributed by atoms with van der Waals surface area (Å²) in [5.74, 6) is 1.48. The summed E-state index contributed by atoms with van der Waals surface area (Å²) in [6, 6.07) is 2.17. The molecule has 0 saturated carbocycles. The number of rotatable bonds is 5. The molecule has 0 aliphatic carbocycles. The van der Waals surface area contributed by atoms with Crippen molar-refractivity contribution in [1.82, 2.24) is 29.2 Å². The molecule has 0 radical (unpaired) electrons. The second-order valence-corrected chi connectivity index (χ2v) is 7.97. The summed E-state index contributed by atoms with van der Waals surface area (Å²) >= 11 is 3.41. The van der Waals surface area contributed by atoms with Crippen LogP contribution in [0, 0.1) is 0 Å². The molecule has 0 bridgehead atoms. The highest BCUT2D eigenvalue weighted by Gasteiger charge is 2.36. The Balaban J connectivity index is 1.71. The van der Waals surface area contributed by atoms with E-state index >= 15 is 0 Å². The van der Waals surface area contributed by atoms with Crippen LogP contribution in [0.1, 0.15) is 13.8 Å². The van der Waals surface area contributed by atoms with Gasteiger partial charge in [-0.1, -0.05) is 6.92 Å². The lowest BCUT2D eigenvalue weighted by molar-refractivity contribution is -0.105.